The Morgan fingerprint density at radius 1 is 1.50 bits per heavy atom. The molecule has 0 radical (unpaired) electrons. The molecule has 1 aliphatic heterocycles. The maximum Gasteiger partial charge on any atom is 0.245 e. The van der Waals surface area contributed by atoms with E-state index in [0.29, 0.717) is 6.42 Å². The molecule has 1 fully saturated rings. The van der Waals surface area contributed by atoms with E-state index in [-0.39, 0.29) is 17.2 Å². The first-order chi connectivity index (χ1) is 7.58. The van der Waals surface area contributed by atoms with Crippen LogP contribution in [0.5, 0.6) is 0 Å². The number of benzene rings is 1. The van der Waals surface area contributed by atoms with E-state index < -0.39 is 0 Å². The van der Waals surface area contributed by atoms with Gasteiger partial charge in [0.05, 0.1) is 6.42 Å². The Kier molecular flexibility index (Phi) is 2.87. The largest absolute Gasteiger partial charge is 0.274 e. The summed E-state index contributed by atoms with van der Waals surface area (Å²) in [6.07, 6.45) is 0.406. The lowest BCUT2D eigenvalue weighted by Gasteiger charge is -2.36. The molecular weight excluding hydrogens is 224 g/mol. The lowest BCUT2D eigenvalue weighted by Crippen LogP contribution is -2.58. The van der Waals surface area contributed by atoms with Crippen LogP contribution in [0.1, 0.15) is 13.3 Å². The van der Waals surface area contributed by atoms with Gasteiger partial charge < -0.3 is 0 Å². The molecule has 0 aromatic heterocycles. The van der Waals surface area contributed by atoms with Gasteiger partial charge >= 0.3 is 0 Å². The highest BCUT2D eigenvalue weighted by Crippen LogP contribution is 2.32. The molecule has 4 nitrogen and oxygen atoms in total. The number of amides is 2. The van der Waals surface area contributed by atoms with Crippen LogP contribution in [0.15, 0.2) is 24.3 Å². The van der Waals surface area contributed by atoms with Gasteiger partial charge in [0.25, 0.3) is 0 Å². The molecule has 1 N–H and O–H groups in total. The first kappa shape index (κ1) is 11.0. The molecule has 1 saturated heterocycles. The number of hydrazine groups is 1. The van der Waals surface area contributed by atoms with Crippen LogP contribution in [0.3, 0.4) is 0 Å². The normalized spacial score (nSPS) is 19.2. The van der Waals surface area contributed by atoms with Gasteiger partial charge in [0.2, 0.25) is 11.8 Å². The van der Waals surface area contributed by atoms with Crippen molar-refractivity contribution in [2.75, 3.05) is 0 Å². The van der Waals surface area contributed by atoms with Gasteiger partial charge in [-0.2, -0.15) is 12.6 Å². The van der Waals surface area contributed by atoms with Crippen molar-refractivity contribution in [2.24, 2.45) is 0 Å². The Hall–Kier alpha value is -1.49. The fourth-order valence-corrected chi connectivity index (χ4v) is 1.72. The zero-order valence-electron chi connectivity index (χ0n) is 8.80. The number of rotatable bonds is 1. The van der Waals surface area contributed by atoms with Crippen LogP contribution in [0.4, 0.5) is 0 Å². The molecule has 2 amide bonds. The van der Waals surface area contributed by atoms with E-state index in [1.807, 2.05) is 0 Å². The number of thiol groups is 1. The summed E-state index contributed by atoms with van der Waals surface area (Å²) in [4.78, 5) is 21.0. The first-order valence-corrected chi connectivity index (χ1v) is 5.47. The predicted molar refractivity (Wildman–Crippen MR) is 63.5 cm³/mol. The SMILES string of the molecule is CC(=O)NN1C(=O)CC1S.c1cc2cc-2c1. The highest BCUT2D eigenvalue weighted by Gasteiger charge is 2.33. The topological polar surface area (TPSA) is 49.4 Å². The predicted octanol–water partition coefficient (Wildman–Crippen LogP) is 1.19. The molecule has 3 aliphatic rings. The molecule has 2 aliphatic carbocycles. The third-order valence-electron chi connectivity index (χ3n) is 2.31. The Labute approximate surface area is 99.0 Å². The summed E-state index contributed by atoms with van der Waals surface area (Å²) in [5.74, 6) is -0.331. The second-order valence-corrected chi connectivity index (χ2v) is 4.29. The van der Waals surface area contributed by atoms with Crippen molar-refractivity contribution >= 4 is 24.4 Å². The average molecular weight is 236 g/mol. The van der Waals surface area contributed by atoms with Crippen LogP contribution >= 0.6 is 12.6 Å². The quantitative estimate of drug-likeness (QED) is 0.577. The third kappa shape index (κ3) is 2.36. The maximum absolute atomic E-state index is 10.6. The summed E-state index contributed by atoms with van der Waals surface area (Å²) < 4.78 is 0. The van der Waals surface area contributed by atoms with E-state index in [9.17, 15) is 9.59 Å². The minimum absolute atomic E-state index is 0.0878. The second kappa shape index (κ2) is 4.17. The number of β-lactam (4-membered cyclic amide) rings is 1. The molecule has 84 valence electrons. The lowest BCUT2D eigenvalue weighted by molar-refractivity contribution is -0.151. The fourth-order valence-electron chi connectivity index (χ4n) is 1.38. The molecule has 3 rings (SSSR count). The minimum Gasteiger partial charge on any atom is -0.274 e. The lowest BCUT2D eigenvalue weighted by atomic mass is 10.2. The smallest absolute Gasteiger partial charge is 0.245 e. The Bertz CT molecular complexity index is 430. The zero-order valence-corrected chi connectivity index (χ0v) is 9.70. The molecule has 16 heavy (non-hydrogen) atoms. The highest BCUT2D eigenvalue weighted by atomic mass is 32.1. The van der Waals surface area contributed by atoms with Gasteiger partial charge in [-0.3, -0.25) is 15.0 Å². The molecule has 0 aromatic carbocycles. The van der Waals surface area contributed by atoms with Crippen molar-refractivity contribution in [1.82, 2.24) is 10.4 Å². The summed E-state index contributed by atoms with van der Waals surface area (Å²) in [5, 5.41) is 1.07. The molecule has 0 saturated carbocycles. The van der Waals surface area contributed by atoms with Gasteiger partial charge in [-0.05, 0) is 17.2 Å². The molecule has 1 atom stereocenters. The number of carbonyl (C=O) groups excluding carboxylic acids is 2. The van der Waals surface area contributed by atoms with Crippen molar-refractivity contribution in [3.05, 3.63) is 24.3 Å². The Morgan fingerprint density at radius 2 is 2.12 bits per heavy atom. The van der Waals surface area contributed by atoms with Crippen LogP contribution in [0.2, 0.25) is 0 Å². The van der Waals surface area contributed by atoms with Crippen molar-refractivity contribution in [3.63, 3.8) is 0 Å². The molecular formula is C11H12N2O2S. The van der Waals surface area contributed by atoms with E-state index in [4.69, 9.17) is 0 Å². The third-order valence-corrected chi connectivity index (χ3v) is 2.73. The maximum atomic E-state index is 10.6. The van der Waals surface area contributed by atoms with Crippen LogP contribution in [0, 0.1) is 0 Å². The van der Waals surface area contributed by atoms with Crippen molar-refractivity contribution in [2.45, 2.75) is 18.7 Å². The van der Waals surface area contributed by atoms with Crippen molar-refractivity contribution < 1.29 is 9.59 Å². The summed E-state index contributed by atoms with van der Waals surface area (Å²) in [5.41, 5.74) is 5.20. The number of hydrogen-bond acceptors (Lipinski definition) is 3. The van der Waals surface area contributed by atoms with Crippen LogP contribution in [-0.2, 0) is 9.59 Å². The fraction of sp³-hybridized carbons (Fsp3) is 0.273. The van der Waals surface area contributed by atoms with Crippen LogP contribution in [0.25, 0.3) is 11.1 Å². The second-order valence-electron chi connectivity index (χ2n) is 3.70. The molecule has 0 spiro atoms. The van der Waals surface area contributed by atoms with Gasteiger partial charge in [-0.25, -0.2) is 5.01 Å². The van der Waals surface area contributed by atoms with Gasteiger partial charge in [-0.1, -0.05) is 18.2 Å². The molecule has 1 unspecified atom stereocenters. The van der Waals surface area contributed by atoms with E-state index in [2.05, 4.69) is 42.3 Å². The van der Waals surface area contributed by atoms with E-state index >= 15 is 0 Å². The Balaban J connectivity index is 0.000000134. The minimum atomic E-state index is -0.243. The average Bonchev–Trinajstić information content (AvgIpc) is 2.84. The number of nitrogens with zero attached hydrogens (tertiary/aromatic N) is 1. The van der Waals surface area contributed by atoms with Crippen LogP contribution < -0.4 is 5.43 Å². The molecule has 0 aromatic rings. The summed E-state index contributed by atoms with van der Waals surface area (Å²) >= 11 is 4.00. The van der Waals surface area contributed by atoms with Crippen molar-refractivity contribution in [3.8, 4) is 11.1 Å². The molecule has 5 heteroatoms. The first-order valence-electron chi connectivity index (χ1n) is 4.96. The standard InChI is InChI=1S/C6H4.C5H8N2O2S/c1-2-5-4-6(5)3-1;1-3(8)6-7-4(9)2-5(7)10/h1-4H;5,10H,2H2,1H3,(H,6,8). The monoisotopic (exact) mass is 236 g/mol. The van der Waals surface area contributed by atoms with Crippen LogP contribution in [-0.4, -0.2) is 22.2 Å². The number of carbonyl (C=O) groups is 2. The zero-order chi connectivity index (χ0) is 11.7. The number of fused-ring (bicyclic) bond motifs is 1. The highest BCUT2D eigenvalue weighted by molar-refractivity contribution is 7.81. The number of nitrogens with one attached hydrogen (secondary N) is 1. The Morgan fingerprint density at radius 3 is 2.31 bits per heavy atom. The van der Waals surface area contributed by atoms with Crippen molar-refractivity contribution in [1.29, 1.82) is 0 Å². The van der Waals surface area contributed by atoms with Gasteiger partial charge in [-0.15, -0.1) is 0 Å². The summed E-state index contributed by atoms with van der Waals surface area (Å²) in [6.45, 7) is 1.35. The van der Waals surface area contributed by atoms with Gasteiger partial charge in [0.1, 0.15) is 5.37 Å². The number of hydrogen-bond donors (Lipinski definition) is 2. The van der Waals surface area contributed by atoms with E-state index in [1.54, 1.807) is 0 Å². The van der Waals surface area contributed by atoms with Gasteiger partial charge in [0, 0.05) is 6.92 Å². The van der Waals surface area contributed by atoms with E-state index in [1.165, 1.54) is 23.1 Å². The molecule has 0 bridgehead atoms. The van der Waals surface area contributed by atoms with Gasteiger partial charge in [0.15, 0.2) is 0 Å². The summed E-state index contributed by atoms with van der Waals surface area (Å²) in [6, 6.07) is 8.48. The molecule has 1 heterocycles. The van der Waals surface area contributed by atoms with E-state index in [0.717, 1.165) is 0 Å². The summed E-state index contributed by atoms with van der Waals surface area (Å²) in [7, 11) is 0.